The number of carbonyl (C=O) groups is 2. The highest BCUT2D eigenvalue weighted by molar-refractivity contribution is 6.02. The van der Waals surface area contributed by atoms with Gasteiger partial charge in [-0.25, -0.2) is 0 Å². The second-order valence-corrected chi connectivity index (χ2v) is 7.02. The zero-order valence-corrected chi connectivity index (χ0v) is 14.3. The number of hydrogen-bond donors (Lipinski definition) is 1. The molecule has 2 aliphatic heterocycles. The first-order valence-electron chi connectivity index (χ1n) is 8.45. The summed E-state index contributed by atoms with van der Waals surface area (Å²) in [4.78, 5) is 26.8. The zero-order valence-electron chi connectivity index (χ0n) is 14.3. The third-order valence-corrected chi connectivity index (χ3v) is 4.80. The summed E-state index contributed by atoms with van der Waals surface area (Å²) in [5.41, 5.74) is 2.70. The van der Waals surface area contributed by atoms with Crippen LogP contribution in [-0.2, 0) is 17.8 Å². The number of nitrogens with zero attached hydrogens (tertiary/aromatic N) is 1. The summed E-state index contributed by atoms with van der Waals surface area (Å²) in [6.07, 6.45) is 0.862. The largest absolute Gasteiger partial charge is 0.476 e. The summed E-state index contributed by atoms with van der Waals surface area (Å²) in [6, 6.07) is 13.4. The number of amides is 2. The minimum absolute atomic E-state index is 0.0311. The van der Waals surface area contributed by atoms with Crippen molar-refractivity contribution in [2.75, 3.05) is 11.9 Å². The SMILES string of the molecule is CC1(C)Oc2ccc(C(=O)N3CCc4ccccc4C3)cc2NC1=O. The highest BCUT2D eigenvalue weighted by atomic mass is 16.5. The molecule has 5 heteroatoms. The molecule has 25 heavy (non-hydrogen) atoms. The van der Waals surface area contributed by atoms with Crippen molar-refractivity contribution in [3.05, 3.63) is 59.2 Å². The fraction of sp³-hybridized carbons (Fsp3) is 0.300. The number of nitrogens with one attached hydrogen (secondary N) is 1. The van der Waals surface area contributed by atoms with Crippen molar-refractivity contribution >= 4 is 17.5 Å². The summed E-state index contributed by atoms with van der Waals surface area (Å²) in [5, 5.41) is 2.83. The van der Waals surface area contributed by atoms with Crippen molar-refractivity contribution in [2.45, 2.75) is 32.4 Å². The summed E-state index contributed by atoms with van der Waals surface area (Å²) in [5.74, 6) is 0.345. The van der Waals surface area contributed by atoms with Gasteiger partial charge in [0.1, 0.15) is 5.75 Å². The average molecular weight is 336 g/mol. The molecule has 2 heterocycles. The van der Waals surface area contributed by atoms with E-state index in [1.165, 1.54) is 11.1 Å². The topological polar surface area (TPSA) is 58.6 Å². The maximum atomic E-state index is 12.9. The summed E-state index contributed by atoms with van der Waals surface area (Å²) < 4.78 is 5.72. The number of rotatable bonds is 1. The van der Waals surface area contributed by atoms with Crippen LogP contribution >= 0.6 is 0 Å². The van der Waals surface area contributed by atoms with Crippen LogP contribution in [0.15, 0.2) is 42.5 Å². The maximum absolute atomic E-state index is 12.9. The Bertz CT molecular complexity index is 873. The highest BCUT2D eigenvalue weighted by Gasteiger charge is 2.35. The molecule has 0 saturated carbocycles. The molecule has 5 nitrogen and oxygen atoms in total. The fourth-order valence-electron chi connectivity index (χ4n) is 3.30. The Balaban J connectivity index is 1.58. The maximum Gasteiger partial charge on any atom is 0.268 e. The molecule has 0 aromatic heterocycles. The Morgan fingerprint density at radius 1 is 1.16 bits per heavy atom. The van der Waals surface area contributed by atoms with Gasteiger partial charge < -0.3 is 15.0 Å². The number of hydrogen-bond acceptors (Lipinski definition) is 3. The summed E-state index contributed by atoms with van der Waals surface area (Å²) in [6.45, 7) is 4.75. The predicted molar refractivity (Wildman–Crippen MR) is 94.7 cm³/mol. The van der Waals surface area contributed by atoms with Gasteiger partial charge in [0.15, 0.2) is 5.60 Å². The molecular weight excluding hydrogens is 316 g/mol. The van der Waals surface area contributed by atoms with E-state index in [1.807, 2.05) is 17.0 Å². The van der Waals surface area contributed by atoms with Crippen LogP contribution in [-0.4, -0.2) is 28.9 Å². The van der Waals surface area contributed by atoms with Gasteiger partial charge >= 0.3 is 0 Å². The van der Waals surface area contributed by atoms with Crippen molar-refractivity contribution < 1.29 is 14.3 Å². The zero-order chi connectivity index (χ0) is 17.6. The molecule has 0 radical (unpaired) electrons. The third kappa shape index (κ3) is 2.76. The lowest BCUT2D eigenvalue weighted by Crippen LogP contribution is -2.45. The Hall–Kier alpha value is -2.82. The predicted octanol–water partition coefficient (Wildman–Crippen LogP) is 2.99. The van der Waals surface area contributed by atoms with E-state index in [0.717, 1.165) is 6.42 Å². The molecule has 0 spiro atoms. The lowest BCUT2D eigenvalue weighted by atomic mass is 9.99. The van der Waals surface area contributed by atoms with Gasteiger partial charge in [-0.3, -0.25) is 9.59 Å². The first kappa shape index (κ1) is 15.7. The van der Waals surface area contributed by atoms with Gasteiger partial charge in [0, 0.05) is 18.7 Å². The second-order valence-electron chi connectivity index (χ2n) is 7.02. The molecule has 0 aliphatic carbocycles. The number of fused-ring (bicyclic) bond motifs is 2. The molecule has 0 unspecified atom stereocenters. The van der Waals surface area contributed by atoms with Crippen LogP contribution in [0, 0.1) is 0 Å². The van der Waals surface area contributed by atoms with E-state index < -0.39 is 5.60 Å². The molecule has 2 aromatic rings. The van der Waals surface area contributed by atoms with Gasteiger partial charge in [-0.2, -0.15) is 0 Å². The van der Waals surface area contributed by atoms with Gasteiger partial charge in [0.2, 0.25) is 0 Å². The molecule has 1 N–H and O–H groups in total. The van der Waals surface area contributed by atoms with Gasteiger partial charge in [-0.15, -0.1) is 0 Å². The Labute approximate surface area is 146 Å². The van der Waals surface area contributed by atoms with E-state index in [0.29, 0.717) is 30.1 Å². The standard InChI is InChI=1S/C20H20N2O3/c1-20(2)19(24)21-16-11-14(7-8-17(16)25-20)18(23)22-10-9-13-5-3-4-6-15(13)12-22/h3-8,11H,9-10,12H2,1-2H3,(H,21,24). The van der Waals surface area contributed by atoms with Crippen LogP contribution in [0.4, 0.5) is 5.69 Å². The van der Waals surface area contributed by atoms with E-state index >= 15 is 0 Å². The van der Waals surface area contributed by atoms with Crippen LogP contribution in [0.25, 0.3) is 0 Å². The van der Waals surface area contributed by atoms with Crippen LogP contribution in [0.1, 0.15) is 35.3 Å². The summed E-state index contributed by atoms with van der Waals surface area (Å²) >= 11 is 0. The molecule has 2 aliphatic rings. The minimum atomic E-state index is -0.908. The van der Waals surface area contributed by atoms with Crippen molar-refractivity contribution in [3.8, 4) is 5.75 Å². The molecule has 2 amide bonds. The molecule has 2 aromatic carbocycles. The van der Waals surface area contributed by atoms with E-state index in [-0.39, 0.29) is 11.8 Å². The van der Waals surface area contributed by atoms with Crippen LogP contribution in [0.2, 0.25) is 0 Å². The Kier molecular flexibility index (Phi) is 3.53. The smallest absolute Gasteiger partial charge is 0.268 e. The molecule has 4 rings (SSSR count). The molecule has 0 bridgehead atoms. The van der Waals surface area contributed by atoms with E-state index in [4.69, 9.17) is 4.74 Å². The lowest BCUT2D eigenvalue weighted by molar-refractivity contribution is -0.129. The minimum Gasteiger partial charge on any atom is -0.476 e. The normalized spacial score (nSPS) is 17.8. The van der Waals surface area contributed by atoms with Crippen molar-refractivity contribution in [3.63, 3.8) is 0 Å². The van der Waals surface area contributed by atoms with Crippen molar-refractivity contribution in [2.24, 2.45) is 0 Å². The number of anilines is 1. The molecule has 0 atom stereocenters. The molecule has 128 valence electrons. The van der Waals surface area contributed by atoms with Gasteiger partial charge in [0.05, 0.1) is 5.69 Å². The fourth-order valence-corrected chi connectivity index (χ4v) is 3.30. The summed E-state index contributed by atoms with van der Waals surface area (Å²) in [7, 11) is 0. The number of ether oxygens (including phenoxy) is 1. The lowest BCUT2D eigenvalue weighted by Gasteiger charge is -2.32. The van der Waals surface area contributed by atoms with Crippen LogP contribution < -0.4 is 10.1 Å². The molecule has 0 fully saturated rings. The number of carbonyl (C=O) groups excluding carboxylic acids is 2. The molecule has 0 saturated heterocycles. The quantitative estimate of drug-likeness (QED) is 0.871. The first-order chi connectivity index (χ1) is 11.9. The molecular formula is C20H20N2O3. The van der Waals surface area contributed by atoms with Crippen molar-refractivity contribution in [1.29, 1.82) is 0 Å². The highest BCUT2D eigenvalue weighted by Crippen LogP contribution is 2.34. The van der Waals surface area contributed by atoms with Gasteiger partial charge in [-0.1, -0.05) is 24.3 Å². The van der Waals surface area contributed by atoms with Crippen molar-refractivity contribution in [1.82, 2.24) is 4.90 Å². The Morgan fingerprint density at radius 2 is 1.92 bits per heavy atom. The van der Waals surface area contributed by atoms with Gasteiger partial charge in [-0.05, 0) is 49.6 Å². The van der Waals surface area contributed by atoms with E-state index in [9.17, 15) is 9.59 Å². The van der Waals surface area contributed by atoms with E-state index in [1.54, 1.807) is 32.0 Å². The van der Waals surface area contributed by atoms with E-state index in [2.05, 4.69) is 17.4 Å². The number of benzene rings is 2. The average Bonchev–Trinajstić information content (AvgIpc) is 2.61. The monoisotopic (exact) mass is 336 g/mol. The van der Waals surface area contributed by atoms with Gasteiger partial charge in [0.25, 0.3) is 11.8 Å². The van der Waals surface area contributed by atoms with Crippen LogP contribution in [0.3, 0.4) is 0 Å². The first-order valence-corrected chi connectivity index (χ1v) is 8.45. The Morgan fingerprint density at radius 3 is 2.72 bits per heavy atom. The second kappa shape index (κ2) is 5.62. The third-order valence-electron chi connectivity index (χ3n) is 4.80. The van der Waals surface area contributed by atoms with Crippen LogP contribution in [0.5, 0.6) is 5.75 Å².